The molecule has 0 fully saturated rings. The molecule has 0 aliphatic heterocycles. The summed E-state index contributed by atoms with van der Waals surface area (Å²) in [6, 6.07) is 11.2. The Hall–Kier alpha value is -2.12. The van der Waals surface area contributed by atoms with Crippen molar-refractivity contribution in [1.29, 1.82) is 0 Å². The number of amides is 1. The fourth-order valence-corrected chi connectivity index (χ4v) is 3.03. The van der Waals surface area contributed by atoms with Crippen LogP contribution in [0.15, 0.2) is 40.9 Å². The molecular weight excluding hydrogens is 452 g/mol. The van der Waals surface area contributed by atoms with Gasteiger partial charge in [-0.25, -0.2) is 0 Å². The summed E-state index contributed by atoms with van der Waals surface area (Å²) in [5, 5.41) is 6.01. The fourth-order valence-electron chi connectivity index (χ4n) is 2.48. The van der Waals surface area contributed by atoms with Gasteiger partial charge in [-0.2, -0.15) is 0 Å². The average molecular weight is 479 g/mol. The molecule has 2 N–H and O–H groups in total. The van der Waals surface area contributed by atoms with Crippen molar-refractivity contribution < 1.29 is 14.3 Å². The molecule has 0 saturated carbocycles. The molecule has 7 heteroatoms. The van der Waals surface area contributed by atoms with Crippen LogP contribution >= 0.6 is 28.1 Å². The smallest absolute Gasteiger partial charge is 0.257 e. The predicted molar refractivity (Wildman–Crippen MR) is 124 cm³/mol. The van der Waals surface area contributed by atoms with Gasteiger partial charge in [-0.3, -0.25) is 10.1 Å². The van der Waals surface area contributed by atoms with Crippen LogP contribution in [-0.4, -0.2) is 24.7 Å². The molecule has 0 bridgehead atoms. The van der Waals surface area contributed by atoms with Gasteiger partial charge in [0.05, 0.1) is 13.7 Å². The Kier molecular flexibility index (Phi) is 8.92. The molecule has 0 unspecified atom stereocenters. The lowest BCUT2D eigenvalue weighted by molar-refractivity contribution is 0.0976. The number of methoxy groups -OCH3 is 1. The standard InChI is InChI=1S/C22H27BrN2O3S/c1-14(2)9-10-28-19-8-6-16(11-20(19)27-4)13-24-22(29)25-21(26)17-7-5-15(3)18(23)12-17/h5-8,11-12,14H,9-10,13H2,1-4H3,(H2,24,25,26,29). The normalized spacial score (nSPS) is 10.6. The Balaban J connectivity index is 1.90. The minimum Gasteiger partial charge on any atom is -0.493 e. The maximum atomic E-state index is 12.3. The first-order chi connectivity index (χ1) is 13.8. The van der Waals surface area contributed by atoms with Crippen molar-refractivity contribution in [2.45, 2.75) is 33.7 Å². The topological polar surface area (TPSA) is 59.6 Å². The van der Waals surface area contributed by atoms with E-state index in [2.05, 4.69) is 40.4 Å². The molecule has 0 aliphatic rings. The zero-order chi connectivity index (χ0) is 21.4. The summed E-state index contributed by atoms with van der Waals surface area (Å²) >= 11 is 8.68. The largest absolute Gasteiger partial charge is 0.493 e. The highest BCUT2D eigenvalue weighted by Crippen LogP contribution is 2.28. The minimum absolute atomic E-state index is 0.255. The molecular formula is C22H27BrN2O3S. The predicted octanol–water partition coefficient (Wildman–Crippen LogP) is 5.00. The molecule has 2 rings (SSSR count). The summed E-state index contributed by atoms with van der Waals surface area (Å²) in [6.07, 6.45) is 0.984. The van der Waals surface area contributed by atoms with E-state index in [9.17, 15) is 4.79 Å². The number of hydrogen-bond acceptors (Lipinski definition) is 4. The summed E-state index contributed by atoms with van der Waals surface area (Å²) in [5.74, 6) is 1.72. The first-order valence-electron chi connectivity index (χ1n) is 9.45. The summed E-state index contributed by atoms with van der Waals surface area (Å²) < 4.78 is 12.1. The zero-order valence-electron chi connectivity index (χ0n) is 17.2. The maximum absolute atomic E-state index is 12.3. The lowest BCUT2D eigenvalue weighted by Gasteiger charge is -2.14. The molecule has 0 saturated heterocycles. The van der Waals surface area contributed by atoms with Crippen LogP contribution in [0, 0.1) is 12.8 Å². The highest BCUT2D eigenvalue weighted by atomic mass is 79.9. The summed E-state index contributed by atoms with van der Waals surface area (Å²) in [4.78, 5) is 12.3. The lowest BCUT2D eigenvalue weighted by Crippen LogP contribution is -2.38. The lowest BCUT2D eigenvalue weighted by atomic mass is 10.1. The second kappa shape index (κ2) is 11.2. The molecule has 5 nitrogen and oxygen atoms in total. The molecule has 0 radical (unpaired) electrons. The van der Waals surface area contributed by atoms with E-state index in [4.69, 9.17) is 21.7 Å². The number of aryl methyl sites for hydroxylation is 1. The van der Waals surface area contributed by atoms with Crippen LogP contribution in [-0.2, 0) is 6.54 Å². The molecule has 0 aromatic heterocycles. The first-order valence-corrected chi connectivity index (χ1v) is 10.6. The Morgan fingerprint density at radius 3 is 2.59 bits per heavy atom. The monoisotopic (exact) mass is 478 g/mol. The van der Waals surface area contributed by atoms with Crippen LogP contribution in [0.3, 0.4) is 0 Å². The molecule has 2 aromatic rings. The van der Waals surface area contributed by atoms with Crippen molar-refractivity contribution in [2.75, 3.05) is 13.7 Å². The van der Waals surface area contributed by atoms with Crippen LogP contribution < -0.4 is 20.1 Å². The molecule has 0 atom stereocenters. The van der Waals surface area contributed by atoms with E-state index in [1.807, 2.05) is 31.2 Å². The SMILES string of the molecule is COc1cc(CNC(=S)NC(=O)c2ccc(C)c(Br)c2)ccc1OCCC(C)C. The van der Waals surface area contributed by atoms with Crippen molar-refractivity contribution in [1.82, 2.24) is 10.6 Å². The van der Waals surface area contributed by atoms with E-state index in [1.165, 1.54) is 0 Å². The number of rotatable bonds is 8. The van der Waals surface area contributed by atoms with Gasteiger partial charge in [0, 0.05) is 16.6 Å². The third-order valence-electron chi connectivity index (χ3n) is 4.29. The van der Waals surface area contributed by atoms with Crippen molar-refractivity contribution in [3.05, 3.63) is 57.6 Å². The number of halogens is 1. The number of nitrogens with one attached hydrogen (secondary N) is 2. The average Bonchev–Trinajstić information content (AvgIpc) is 2.68. The van der Waals surface area contributed by atoms with Gasteiger partial charge in [0.15, 0.2) is 16.6 Å². The molecule has 2 aromatic carbocycles. The van der Waals surface area contributed by atoms with E-state index in [1.54, 1.807) is 19.2 Å². The third-order valence-corrected chi connectivity index (χ3v) is 5.40. The Labute approximate surface area is 186 Å². The van der Waals surface area contributed by atoms with Crippen LogP contribution in [0.5, 0.6) is 11.5 Å². The molecule has 0 spiro atoms. The van der Waals surface area contributed by atoms with E-state index in [0.29, 0.717) is 30.4 Å². The van der Waals surface area contributed by atoms with Gasteiger partial charge in [0.2, 0.25) is 0 Å². The Morgan fingerprint density at radius 2 is 1.93 bits per heavy atom. The number of hydrogen-bond donors (Lipinski definition) is 2. The third kappa shape index (κ3) is 7.33. The first kappa shape index (κ1) is 23.2. The van der Waals surface area contributed by atoms with Crippen LogP contribution in [0.25, 0.3) is 0 Å². The van der Waals surface area contributed by atoms with Gasteiger partial charge in [-0.15, -0.1) is 0 Å². The van der Waals surface area contributed by atoms with Gasteiger partial charge in [-0.1, -0.05) is 41.9 Å². The summed E-state index contributed by atoms with van der Waals surface area (Å²) in [6.45, 7) is 7.40. The van der Waals surface area contributed by atoms with Crippen molar-refractivity contribution in [3.8, 4) is 11.5 Å². The van der Waals surface area contributed by atoms with Crippen LogP contribution in [0.2, 0.25) is 0 Å². The Morgan fingerprint density at radius 1 is 1.17 bits per heavy atom. The van der Waals surface area contributed by atoms with Crippen molar-refractivity contribution in [2.24, 2.45) is 5.92 Å². The van der Waals surface area contributed by atoms with Gasteiger partial charge in [0.1, 0.15) is 0 Å². The highest BCUT2D eigenvalue weighted by molar-refractivity contribution is 9.10. The molecule has 156 valence electrons. The highest BCUT2D eigenvalue weighted by Gasteiger charge is 2.10. The summed E-state index contributed by atoms with van der Waals surface area (Å²) in [7, 11) is 1.62. The van der Waals surface area contributed by atoms with Gasteiger partial charge >= 0.3 is 0 Å². The van der Waals surface area contributed by atoms with E-state index in [-0.39, 0.29) is 11.0 Å². The number of carbonyl (C=O) groups excluding carboxylic acids is 1. The van der Waals surface area contributed by atoms with E-state index >= 15 is 0 Å². The molecule has 1 amide bonds. The number of carbonyl (C=O) groups is 1. The zero-order valence-corrected chi connectivity index (χ0v) is 19.6. The summed E-state index contributed by atoms with van der Waals surface area (Å²) in [5.41, 5.74) is 2.57. The second-order valence-corrected chi connectivity index (χ2v) is 8.38. The van der Waals surface area contributed by atoms with Crippen molar-refractivity contribution in [3.63, 3.8) is 0 Å². The van der Waals surface area contributed by atoms with Gasteiger partial charge in [0.25, 0.3) is 5.91 Å². The van der Waals surface area contributed by atoms with Crippen molar-refractivity contribution >= 4 is 39.2 Å². The number of thiocarbonyl (C=S) groups is 1. The minimum atomic E-state index is -0.255. The number of ether oxygens (including phenoxy) is 2. The quantitative estimate of drug-likeness (QED) is 0.523. The fraction of sp³-hybridized carbons (Fsp3) is 0.364. The Bertz CT molecular complexity index is 871. The van der Waals surface area contributed by atoms with Crippen LogP contribution in [0.4, 0.5) is 0 Å². The van der Waals surface area contributed by atoms with Crippen LogP contribution in [0.1, 0.15) is 41.8 Å². The van der Waals surface area contributed by atoms with E-state index in [0.717, 1.165) is 27.8 Å². The molecule has 29 heavy (non-hydrogen) atoms. The van der Waals surface area contributed by atoms with Gasteiger partial charge in [-0.05, 0) is 66.9 Å². The van der Waals surface area contributed by atoms with E-state index < -0.39 is 0 Å². The molecule has 0 aliphatic carbocycles. The molecule has 0 heterocycles. The maximum Gasteiger partial charge on any atom is 0.257 e. The van der Waals surface area contributed by atoms with Gasteiger partial charge < -0.3 is 14.8 Å². The second-order valence-electron chi connectivity index (χ2n) is 7.12. The number of benzene rings is 2.